The second-order valence-electron chi connectivity index (χ2n) is 1.76. The molecular weight excluding hydrogens is 144 g/mol. The van der Waals surface area contributed by atoms with Crippen LogP contribution in [0.15, 0.2) is 24.3 Å². The first-order valence-corrected chi connectivity index (χ1v) is 2.88. The monoisotopic (exact) mass is 153 g/mol. The van der Waals surface area contributed by atoms with E-state index >= 15 is 0 Å². The van der Waals surface area contributed by atoms with Gasteiger partial charge in [0.15, 0.2) is 0 Å². The summed E-state index contributed by atoms with van der Waals surface area (Å²) in [6, 6.07) is 11.0. The Hall–Kier alpha value is -0.0657. The first-order chi connectivity index (χ1) is 3.93. The van der Waals surface area contributed by atoms with Gasteiger partial charge in [0.25, 0.3) is 0 Å². The van der Waals surface area contributed by atoms with E-state index in [0.717, 1.165) is 6.42 Å². The summed E-state index contributed by atoms with van der Waals surface area (Å²) in [5.41, 5.74) is 1.38. The van der Waals surface area contributed by atoms with E-state index < -0.39 is 0 Å². The Bertz CT molecular complexity index is 146. The van der Waals surface area contributed by atoms with Gasteiger partial charge in [-0.1, -0.05) is 31.2 Å². The average Bonchev–Trinajstić information content (AvgIpc) is 1.90. The van der Waals surface area contributed by atoms with Crippen LogP contribution < -0.4 is 0 Å². The van der Waals surface area contributed by atoms with E-state index in [1.807, 2.05) is 12.1 Å². The van der Waals surface area contributed by atoms with Crippen molar-refractivity contribution in [1.29, 1.82) is 0 Å². The van der Waals surface area contributed by atoms with Crippen LogP contribution in [0.25, 0.3) is 0 Å². The van der Waals surface area contributed by atoms with Crippen LogP contribution in [0, 0.1) is 6.07 Å². The molecule has 1 rings (SSSR count). The average molecular weight is 153 g/mol. The molecule has 0 aliphatic carbocycles. The quantitative estimate of drug-likeness (QED) is 0.541. The summed E-state index contributed by atoms with van der Waals surface area (Å²) in [6.45, 7) is 2.15. The van der Waals surface area contributed by atoms with Crippen molar-refractivity contribution >= 4 is 0 Å². The SMILES string of the molecule is CCc1cc[c]cc1.[Ti]. The van der Waals surface area contributed by atoms with E-state index in [0.29, 0.717) is 0 Å². The third kappa shape index (κ3) is 2.83. The van der Waals surface area contributed by atoms with Crippen molar-refractivity contribution in [3.8, 4) is 0 Å². The molecule has 45 valence electrons. The minimum atomic E-state index is 0. The molecule has 0 atom stereocenters. The van der Waals surface area contributed by atoms with Gasteiger partial charge in [0.1, 0.15) is 0 Å². The van der Waals surface area contributed by atoms with Crippen LogP contribution >= 0.6 is 0 Å². The molecule has 0 saturated heterocycles. The van der Waals surface area contributed by atoms with Crippen LogP contribution in [-0.4, -0.2) is 0 Å². The van der Waals surface area contributed by atoms with Crippen LogP contribution in [0.4, 0.5) is 0 Å². The Kier molecular flexibility index (Phi) is 4.74. The van der Waals surface area contributed by atoms with Crippen LogP contribution in [0.2, 0.25) is 0 Å². The maximum Gasteiger partial charge on any atom is 0 e. The van der Waals surface area contributed by atoms with Gasteiger partial charge in [-0.25, -0.2) is 0 Å². The zero-order valence-electron chi connectivity index (χ0n) is 5.52. The fraction of sp³-hybridized carbons (Fsp3) is 0.250. The molecule has 0 fully saturated rings. The molecule has 0 amide bonds. The fourth-order valence-corrected chi connectivity index (χ4v) is 0.657. The normalized spacial score (nSPS) is 8.11. The smallest absolute Gasteiger partial charge is 0 e. The zero-order valence-corrected chi connectivity index (χ0v) is 7.08. The molecular formula is C8H9Ti. The van der Waals surface area contributed by atoms with Crippen molar-refractivity contribution in [2.45, 2.75) is 13.3 Å². The van der Waals surface area contributed by atoms with Crippen molar-refractivity contribution in [3.05, 3.63) is 35.9 Å². The van der Waals surface area contributed by atoms with Crippen molar-refractivity contribution in [1.82, 2.24) is 0 Å². The fourth-order valence-electron chi connectivity index (χ4n) is 0.657. The van der Waals surface area contributed by atoms with Gasteiger partial charge in [-0.15, -0.1) is 0 Å². The predicted molar refractivity (Wildman–Crippen MR) is 34.7 cm³/mol. The van der Waals surface area contributed by atoms with Crippen molar-refractivity contribution < 1.29 is 21.7 Å². The number of rotatable bonds is 1. The maximum absolute atomic E-state index is 2.97. The summed E-state index contributed by atoms with van der Waals surface area (Å²) in [7, 11) is 0. The second kappa shape index (κ2) is 4.78. The number of benzene rings is 1. The molecule has 1 aromatic carbocycles. The summed E-state index contributed by atoms with van der Waals surface area (Å²) < 4.78 is 0. The molecule has 0 spiro atoms. The molecule has 0 bridgehead atoms. The number of aryl methyl sites for hydroxylation is 1. The second-order valence-corrected chi connectivity index (χ2v) is 1.76. The molecule has 0 aliphatic rings. The molecule has 9 heavy (non-hydrogen) atoms. The third-order valence-corrected chi connectivity index (χ3v) is 1.20. The van der Waals surface area contributed by atoms with E-state index in [2.05, 4.69) is 25.1 Å². The molecule has 0 aromatic heterocycles. The molecule has 0 N–H and O–H groups in total. The van der Waals surface area contributed by atoms with Crippen molar-refractivity contribution in [3.63, 3.8) is 0 Å². The summed E-state index contributed by atoms with van der Waals surface area (Å²) in [5, 5.41) is 0. The van der Waals surface area contributed by atoms with Gasteiger partial charge < -0.3 is 0 Å². The molecule has 1 aromatic rings. The van der Waals surface area contributed by atoms with E-state index in [4.69, 9.17) is 0 Å². The topological polar surface area (TPSA) is 0 Å². The summed E-state index contributed by atoms with van der Waals surface area (Å²) in [4.78, 5) is 0. The molecule has 0 saturated carbocycles. The van der Waals surface area contributed by atoms with Gasteiger partial charge in [0.05, 0.1) is 0 Å². The minimum absolute atomic E-state index is 0. The van der Waals surface area contributed by atoms with Crippen LogP contribution in [0.3, 0.4) is 0 Å². The molecule has 0 unspecified atom stereocenters. The number of hydrogen-bond acceptors (Lipinski definition) is 0. The predicted octanol–water partition coefficient (Wildman–Crippen LogP) is 2.05. The van der Waals surface area contributed by atoms with Crippen molar-refractivity contribution in [2.75, 3.05) is 0 Å². The molecule has 0 nitrogen and oxygen atoms in total. The van der Waals surface area contributed by atoms with Crippen LogP contribution in [0.1, 0.15) is 12.5 Å². The number of hydrogen-bond donors (Lipinski definition) is 0. The Balaban J connectivity index is 0.000000640. The van der Waals surface area contributed by atoms with Gasteiger partial charge in [-0.05, 0) is 18.1 Å². The van der Waals surface area contributed by atoms with E-state index in [1.165, 1.54) is 5.56 Å². The summed E-state index contributed by atoms with van der Waals surface area (Å²) in [6.07, 6.45) is 1.12. The largest absolute Gasteiger partial charge is 0.0613 e. The minimum Gasteiger partial charge on any atom is -0.0613 e. The first kappa shape index (κ1) is 8.93. The standard InChI is InChI=1S/C8H9.Ti/c1-2-8-6-4-3-5-7-8;/h4-7H,2H2,1H3;. The van der Waals surface area contributed by atoms with Crippen LogP contribution in [0.5, 0.6) is 0 Å². The van der Waals surface area contributed by atoms with Crippen molar-refractivity contribution in [2.24, 2.45) is 0 Å². The zero-order chi connectivity index (χ0) is 5.82. The summed E-state index contributed by atoms with van der Waals surface area (Å²) >= 11 is 0. The first-order valence-electron chi connectivity index (χ1n) is 2.88. The van der Waals surface area contributed by atoms with Gasteiger partial charge in [0, 0.05) is 21.7 Å². The Morgan fingerprint density at radius 2 is 1.89 bits per heavy atom. The Labute approximate surface area is 71.2 Å². The summed E-state index contributed by atoms with van der Waals surface area (Å²) in [5.74, 6) is 0. The van der Waals surface area contributed by atoms with E-state index in [9.17, 15) is 0 Å². The Morgan fingerprint density at radius 3 is 2.22 bits per heavy atom. The Morgan fingerprint density at radius 1 is 1.33 bits per heavy atom. The van der Waals surface area contributed by atoms with Gasteiger partial charge in [0.2, 0.25) is 0 Å². The molecule has 1 radical (unpaired) electrons. The maximum atomic E-state index is 2.97. The third-order valence-electron chi connectivity index (χ3n) is 1.20. The van der Waals surface area contributed by atoms with E-state index in [1.54, 1.807) is 0 Å². The van der Waals surface area contributed by atoms with E-state index in [-0.39, 0.29) is 21.7 Å². The van der Waals surface area contributed by atoms with Gasteiger partial charge >= 0.3 is 0 Å². The van der Waals surface area contributed by atoms with Gasteiger partial charge in [-0.3, -0.25) is 0 Å². The molecule has 0 aliphatic heterocycles. The van der Waals surface area contributed by atoms with Gasteiger partial charge in [-0.2, -0.15) is 0 Å². The van der Waals surface area contributed by atoms with Crippen LogP contribution in [-0.2, 0) is 28.1 Å². The molecule has 1 heteroatoms. The molecule has 0 heterocycles.